The molecular formula is C18H32N2O6. The molecule has 0 atom stereocenters. The molecule has 4 N–H and O–H groups in total. The average molecular weight is 372 g/mol. The van der Waals surface area contributed by atoms with Gasteiger partial charge in [-0.25, -0.2) is 9.59 Å². The summed E-state index contributed by atoms with van der Waals surface area (Å²) >= 11 is 0. The van der Waals surface area contributed by atoms with Gasteiger partial charge in [0.25, 0.3) is 0 Å². The maximum absolute atomic E-state index is 10.4. The lowest BCUT2D eigenvalue weighted by atomic mass is 9.54. The summed E-state index contributed by atoms with van der Waals surface area (Å²) in [6, 6.07) is 0. The van der Waals surface area contributed by atoms with Gasteiger partial charge in [-0.1, -0.05) is 0 Å². The summed E-state index contributed by atoms with van der Waals surface area (Å²) in [5.74, 6) is 0. The Labute approximate surface area is 154 Å². The van der Waals surface area contributed by atoms with Crippen LogP contribution in [0.5, 0.6) is 0 Å². The Morgan fingerprint density at radius 1 is 0.731 bits per heavy atom. The molecule has 26 heavy (non-hydrogen) atoms. The fraction of sp³-hybridized carbons (Fsp3) is 0.889. The van der Waals surface area contributed by atoms with Crippen LogP contribution in [0.2, 0.25) is 0 Å². The zero-order valence-corrected chi connectivity index (χ0v) is 15.4. The van der Waals surface area contributed by atoms with Crippen molar-refractivity contribution in [3.63, 3.8) is 0 Å². The van der Waals surface area contributed by atoms with Crippen molar-refractivity contribution in [1.29, 1.82) is 0 Å². The molecule has 0 aliphatic heterocycles. The van der Waals surface area contributed by atoms with Gasteiger partial charge in [-0.2, -0.15) is 0 Å². The second-order valence-corrected chi connectivity index (χ2v) is 7.78. The lowest BCUT2D eigenvalue weighted by Crippen LogP contribution is -2.46. The van der Waals surface area contributed by atoms with Gasteiger partial charge in [0.1, 0.15) is 0 Å². The molecule has 3 fully saturated rings. The Balaban J connectivity index is 1.57. The van der Waals surface area contributed by atoms with Crippen molar-refractivity contribution in [1.82, 2.24) is 10.6 Å². The molecule has 0 radical (unpaired) electrons. The topological polar surface area (TPSA) is 117 Å². The van der Waals surface area contributed by atoms with Crippen molar-refractivity contribution in [2.24, 2.45) is 10.8 Å². The maximum atomic E-state index is 10.4. The van der Waals surface area contributed by atoms with Crippen LogP contribution in [0.1, 0.15) is 51.4 Å². The number of ether oxygens (including phenoxy) is 2. The third-order valence-corrected chi connectivity index (χ3v) is 5.86. The van der Waals surface area contributed by atoms with E-state index in [4.69, 9.17) is 19.7 Å². The summed E-state index contributed by atoms with van der Waals surface area (Å²) < 4.78 is 11.7. The molecule has 0 heterocycles. The molecule has 0 saturated heterocycles. The van der Waals surface area contributed by atoms with Crippen molar-refractivity contribution < 1.29 is 29.3 Å². The van der Waals surface area contributed by atoms with Crippen LogP contribution >= 0.6 is 0 Å². The lowest BCUT2D eigenvalue weighted by molar-refractivity contribution is -0.0940. The molecule has 150 valence electrons. The zero-order chi connectivity index (χ0) is 18.9. The predicted molar refractivity (Wildman–Crippen MR) is 95.5 cm³/mol. The molecule has 2 amide bonds. The fourth-order valence-corrected chi connectivity index (χ4v) is 4.09. The average Bonchev–Trinajstić information content (AvgIpc) is 2.62. The summed E-state index contributed by atoms with van der Waals surface area (Å²) in [5.41, 5.74) is 0.598. The van der Waals surface area contributed by atoms with E-state index in [1.54, 1.807) is 0 Å². The predicted octanol–water partition coefficient (Wildman–Crippen LogP) is 2.68. The molecule has 2 bridgehead atoms. The second kappa shape index (κ2) is 9.97. The lowest BCUT2D eigenvalue weighted by Gasteiger charge is -2.53. The molecule has 0 aromatic carbocycles. The monoisotopic (exact) mass is 372 g/mol. The van der Waals surface area contributed by atoms with E-state index in [9.17, 15) is 9.59 Å². The molecule has 3 saturated carbocycles. The SMILES string of the molecule is O=C(O)NCCCOCC12CCC(COCCCNC(=O)O)(CC1)CC2. The van der Waals surface area contributed by atoms with Crippen LogP contribution in [0, 0.1) is 10.8 Å². The van der Waals surface area contributed by atoms with E-state index in [1.165, 1.54) is 38.5 Å². The molecule has 8 heteroatoms. The summed E-state index contributed by atoms with van der Waals surface area (Å²) in [7, 11) is 0. The molecule has 0 unspecified atom stereocenters. The van der Waals surface area contributed by atoms with Crippen molar-refractivity contribution in [3.05, 3.63) is 0 Å². The highest BCUT2D eigenvalue weighted by atomic mass is 16.5. The molecule has 3 rings (SSSR count). The number of rotatable bonds is 12. The van der Waals surface area contributed by atoms with Crippen molar-refractivity contribution in [2.45, 2.75) is 51.4 Å². The first-order valence-corrected chi connectivity index (χ1v) is 9.55. The highest BCUT2D eigenvalue weighted by molar-refractivity contribution is 5.64. The first-order chi connectivity index (χ1) is 12.5. The molecule has 3 aliphatic rings. The number of carboxylic acid groups (broad SMARTS) is 2. The van der Waals surface area contributed by atoms with Gasteiger partial charge in [0, 0.05) is 26.3 Å². The number of fused-ring (bicyclic) bond motifs is 3. The Kier molecular flexibility index (Phi) is 7.96. The van der Waals surface area contributed by atoms with Crippen molar-refractivity contribution in [2.75, 3.05) is 39.5 Å². The minimum Gasteiger partial charge on any atom is -0.465 e. The second-order valence-electron chi connectivity index (χ2n) is 7.78. The summed E-state index contributed by atoms with van der Waals surface area (Å²) in [6.45, 7) is 3.62. The highest BCUT2D eigenvalue weighted by Gasteiger charge is 2.48. The minimum absolute atomic E-state index is 0.299. The van der Waals surface area contributed by atoms with E-state index in [0.717, 1.165) is 13.2 Å². The first-order valence-electron chi connectivity index (χ1n) is 9.55. The summed E-state index contributed by atoms with van der Waals surface area (Å²) in [5, 5.41) is 21.7. The van der Waals surface area contributed by atoms with E-state index >= 15 is 0 Å². The molecular weight excluding hydrogens is 340 g/mol. The van der Waals surface area contributed by atoms with Crippen LogP contribution < -0.4 is 10.6 Å². The van der Waals surface area contributed by atoms with Crippen LogP contribution in [0.4, 0.5) is 9.59 Å². The van der Waals surface area contributed by atoms with Crippen LogP contribution in [0.25, 0.3) is 0 Å². The number of amides is 2. The van der Waals surface area contributed by atoms with Gasteiger partial charge in [-0.05, 0) is 62.2 Å². The minimum atomic E-state index is -0.986. The van der Waals surface area contributed by atoms with E-state index in [1.807, 2.05) is 0 Å². The highest BCUT2D eigenvalue weighted by Crippen LogP contribution is 2.57. The number of hydrogen-bond acceptors (Lipinski definition) is 4. The van der Waals surface area contributed by atoms with Gasteiger partial charge in [0.05, 0.1) is 13.2 Å². The van der Waals surface area contributed by atoms with Gasteiger partial charge >= 0.3 is 12.2 Å². The third kappa shape index (κ3) is 6.64. The van der Waals surface area contributed by atoms with E-state index < -0.39 is 12.2 Å². The molecule has 3 aliphatic carbocycles. The quantitative estimate of drug-likeness (QED) is 0.391. The van der Waals surface area contributed by atoms with Gasteiger partial charge in [-0.15, -0.1) is 0 Å². The normalized spacial score (nSPS) is 27.2. The van der Waals surface area contributed by atoms with Gasteiger partial charge < -0.3 is 30.3 Å². The van der Waals surface area contributed by atoms with Crippen LogP contribution in [-0.4, -0.2) is 61.9 Å². The summed E-state index contributed by atoms with van der Waals surface area (Å²) in [4.78, 5) is 20.8. The van der Waals surface area contributed by atoms with E-state index in [0.29, 0.717) is 50.0 Å². The van der Waals surface area contributed by atoms with Crippen LogP contribution in [0.15, 0.2) is 0 Å². The third-order valence-electron chi connectivity index (χ3n) is 5.86. The smallest absolute Gasteiger partial charge is 0.404 e. The fourth-order valence-electron chi connectivity index (χ4n) is 4.09. The molecule has 0 aromatic rings. The first kappa shape index (κ1) is 20.8. The Morgan fingerprint density at radius 3 is 1.38 bits per heavy atom. The molecule has 0 aromatic heterocycles. The molecule has 8 nitrogen and oxygen atoms in total. The van der Waals surface area contributed by atoms with Crippen molar-refractivity contribution >= 4 is 12.2 Å². The van der Waals surface area contributed by atoms with E-state index in [2.05, 4.69) is 10.6 Å². The van der Waals surface area contributed by atoms with Gasteiger partial charge in [0.15, 0.2) is 0 Å². The number of hydrogen-bond donors (Lipinski definition) is 4. The van der Waals surface area contributed by atoms with E-state index in [-0.39, 0.29) is 0 Å². The Hall–Kier alpha value is -1.54. The largest absolute Gasteiger partial charge is 0.465 e. The number of carbonyl (C=O) groups is 2. The van der Waals surface area contributed by atoms with Gasteiger partial charge in [0.2, 0.25) is 0 Å². The van der Waals surface area contributed by atoms with Crippen molar-refractivity contribution in [3.8, 4) is 0 Å². The number of nitrogens with one attached hydrogen (secondary N) is 2. The Morgan fingerprint density at radius 2 is 1.08 bits per heavy atom. The Bertz CT molecular complexity index is 404. The zero-order valence-electron chi connectivity index (χ0n) is 15.4. The van der Waals surface area contributed by atoms with Crippen LogP contribution in [-0.2, 0) is 9.47 Å². The van der Waals surface area contributed by atoms with Gasteiger partial charge in [-0.3, -0.25) is 0 Å². The maximum Gasteiger partial charge on any atom is 0.404 e. The standard InChI is InChI=1S/C18H32N2O6/c21-15(22)19-9-1-11-25-13-17-3-6-18(7-4-17,8-5-17)14-26-12-2-10-20-16(23)24/h19-20H,1-14H2,(H,21,22)(H,23,24). The molecule has 0 spiro atoms. The summed E-state index contributed by atoms with van der Waals surface area (Å²) in [6.07, 6.45) is 6.46. The van der Waals surface area contributed by atoms with Crippen LogP contribution in [0.3, 0.4) is 0 Å².